The van der Waals surface area contributed by atoms with E-state index in [4.69, 9.17) is 5.84 Å². The van der Waals surface area contributed by atoms with E-state index in [9.17, 15) is 0 Å². The van der Waals surface area contributed by atoms with Gasteiger partial charge in [0.1, 0.15) is 17.5 Å². The highest BCUT2D eigenvalue weighted by atomic mass is 15.3. The summed E-state index contributed by atoms with van der Waals surface area (Å²) in [6.45, 7) is 9.63. The maximum atomic E-state index is 5.50. The molecule has 2 unspecified atom stereocenters. The summed E-state index contributed by atoms with van der Waals surface area (Å²) < 4.78 is 0. The zero-order valence-electron chi connectivity index (χ0n) is 13.0. The Kier molecular flexibility index (Phi) is 4.48. The quantitative estimate of drug-likeness (QED) is 0.583. The van der Waals surface area contributed by atoms with Gasteiger partial charge < -0.3 is 10.7 Å². The Labute approximate surface area is 121 Å². The third-order valence-electron chi connectivity index (χ3n) is 4.13. The summed E-state index contributed by atoms with van der Waals surface area (Å²) in [7, 11) is 0. The van der Waals surface area contributed by atoms with Crippen LogP contribution in [0.3, 0.4) is 0 Å². The number of anilines is 2. The number of hydrazine groups is 1. The average Bonchev–Trinajstić information content (AvgIpc) is 2.80. The van der Waals surface area contributed by atoms with Crippen molar-refractivity contribution in [1.29, 1.82) is 0 Å². The molecule has 1 aromatic heterocycles. The molecule has 1 aliphatic carbocycles. The molecule has 1 fully saturated rings. The van der Waals surface area contributed by atoms with Gasteiger partial charge in [0.2, 0.25) is 0 Å². The van der Waals surface area contributed by atoms with Crippen LogP contribution in [0.1, 0.15) is 52.8 Å². The Morgan fingerprint density at radius 1 is 1.25 bits per heavy atom. The summed E-state index contributed by atoms with van der Waals surface area (Å²) in [6.07, 6.45) is 4.01. The van der Waals surface area contributed by atoms with Crippen LogP contribution in [0.5, 0.6) is 0 Å². The van der Waals surface area contributed by atoms with Gasteiger partial charge in [-0.1, -0.05) is 40.5 Å². The summed E-state index contributed by atoms with van der Waals surface area (Å²) in [6, 6.07) is 1.87. The van der Waals surface area contributed by atoms with Crippen LogP contribution in [0, 0.1) is 11.8 Å². The van der Waals surface area contributed by atoms with E-state index < -0.39 is 0 Å². The normalized spacial score (nSPS) is 22.9. The van der Waals surface area contributed by atoms with Crippen molar-refractivity contribution < 1.29 is 0 Å². The van der Waals surface area contributed by atoms with Gasteiger partial charge in [-0.3, -0.25) is 0 Å². The van der Waals surface area contributed by atoms with Gasteiger partial charge in [0, 0.05) is 18.0 Å². The van der Waals surface area contributed by atoms with Crippen molar-refractivity contribution >= 4 is 11.6 Å². The number of rotatable bonds is 4. The highest BCUT2D eigenvalue weighted by molar-refractivity contribution is 5.47. The molecule has 4 N–H and O–H groups in total. The van der Waals surface area contributed by atoms with Crippen LogP contribution in [-0.2, 0) is 5.41 Å². The van der Waals surface area contributed by atoms with Crippen LogP contribution < -0.4 is 16.6 Å². The predicted molar refractivity (Wildman–Crippen MR) is 83.5 cm³/mol. The standard InChI is InChI=1S/C15H27N5/c1-10-6-5-7-11(10)9-17-12-8-13(20-16)19-14(18-12)15(2,3)4/h8,10-11H,5-7,9,16H2,1-4H3,(H2,17,18,19,20). The Morgan fingerprint density at radius 2 is 1.95 bits per heavy atom. The van der Waals surface area contributed by atoms with E-state index in [0.717, 1.165) is 30.0 Å². The number of hydrogen-bond acceptors (Lipinski definition) is 5. The Morgan fingerprint density at radius 3 is 2.50 bits per heavy atom. The highest BCUT2D eigenvalue weighted by Gasteiger charge is 2.23. The molecule has 0 saturated heterocycles. The molecule has 2 rings (SSSR count). The lowest BCUT2D eigenvalue weighted by molar-refractivity contribution is 0.439. The van der Waals surface area contributed by atoms with Crippen molar-refractivity contribution in [3.8, 4) is 0 Å². The van der Waals surface area contributed by atoms with Crippen LogP contribution in [0.2, 0.25) is 0 Å². The fraction of sp³-hybridized carbons (Fsp3) is 0.733. The molecule has 0 bridgehead atoms. The van der Waals surface area contributed by atoms with Crippen molar-refractivity contribution in [1.82, 2.24) is 9.97 Å². The first-order valence-corrected chi connectivity index (χ1v) is 7.50. The fourth-order valence-electron chi connectivity index (χ4n) is 2.71. The maximum absolute atomic E-state index is 5.50. The first-order valence-electron chi connectivity index (χ1n) is 7.50. The van der Waals surface area contributed by atoms with E-state index in [1.54, 1.807) is 0 Å². The van der Waals surface area contributed by atoms with Crippen molar-refractivity contribution in [2.24, 2.45) is 17.7 Å². The molecular weight excluding hydrogens is 250 g/mol. The van der Waals surface area contributed by atoms with Gasteiger partial charge in [0.25, 0.3) is 0 Å². The van der Waals surface area contributed by atoms with Gasteiger partial charge in [-0.15, -0.1) is 0 Å². The van der Waals surface area contributed by atoms with E-state index in [1.165, 1.54) is 19.3 Å². The number of hydrogen-bond donors (Lipinski definition) is 3. The van der Waals surface area contributed by atoms with Gasteiger partial charge in [-0.2, -0.15) is 0 Å². The Hall–Kier alpha value is -1.36. The van der Waals surface area contributed by atoms with Crippen LogP contribution in [0.15, 0.2) is 6.07 Å². The van der Waals surface area contributed by atoms with E-state index in [2.05, 4.69) is 48.4 Å². The number of nitrogen functional groups attached to an aromatic ring is 1. The van der Waals surface area contributed by atoms with Gasteiger partial charge >= 0.3 is 0 Å². The second-order valence-corrected chi connectivity index (χ2v) is 6.91. The minimum absolute atomic E-state index is 0.0933. The monoisotopic (exact) mass is 277 g/mol. The molecule has 1 heterocycles. The smallest absolute Gasteiger partial charge is 0.145 e. The molecule has 20 heavy (non-hydrogen) atoms. The van der Waals surface area contributed by atoms with E-state index in [0.29, 0.717) is 5.82 Å². The molecule has 1 saturated carbocycles. The molecule has 1 aromatic rings. The van der Waals surface area contributed by atoms with Crippen molar-refractivity contribution in [2.45, 2.75) is 52.4 Å². The van der Waals surface area contributed by atoms with Crippen molar-refractivity contribution in [2.75, 3.05) is 17.3 Å². The fourth-order valence-corrected chi connectivity index (χ4v) is 2.71. The van der Waals surface area contributed by atoms with Gasteiger partial charge in [-0.25, -0.2) is 15.8 Å². The van der Waals surface area contributed by atoms with Crippen LogP contribution in [0.25, 0.3) is 0 Å². The van der Waals surface area contributed by atoms with Crippen molar-refractivity contribution in [3.63, 3.8) is 0 Å². The average molecular weight is 277 g/mol. The summed E-state index contributed by atoms with van der Waals surface area (Å²) in [5, 5.41) is 3.46. The van der Waals surface area contributed by atoms with Gasteiger partial charge in [-0.05, 0) is 18.3 Å². The highest BCUT2D eigenvalue weighted by Crippen LogP contribution is 2.31. The lowest BCUT2D eigenvalue weighted by Gasteiger charge is -2.20. The van der Waals surface area contributed by atoms with Gasteiger partial charge in [0.05, 0.1) is 0 Å². The molecule has 0 spiro atoms. The van der Waals surface area contributed by atoms with Crippen LogP contribution in [0.4, 0.5) is 11.6 Å². The minimum Gasteiger partial charge on any atom is -0.370 e. The van der Waals surface area contributed by atoms with E-state index in [-0.39, 0.29) is 5.41 Å². The number of nitrogens with zero attached hydrogens (tertiary/aromatic N) is 2. The minimum atomic E-state index is -0.0933. The zero-order chi connectivity index (χ0) is 14.8. The molecule has 2 atom stereocenters. The third kappa shape index (κ3) is 3.60. The summed E-state index contributed by atoms with van der Waals surface area (Å²) in [5.74, 6) is 9.37. The maximum Gasteiger partial charge on any atom is 0.145 e. The number of nitrogens with two attached hydrogens (primary N) is 1. The molecule has 0 radical (unpaired) electrons. The largest absolute Gasteiger partial charge is 0.370 e. The molecular formula is C15H27N5. The predicted octanol–water partition coefficient (Wildman–Crippen LogP) is 2.91. The molecule has 112 valence electrons. The molecule has 5 heteroatoms. The summed E-state index contributed by atoms with van der Waals surface area (Å²) in [5.41, 5.74) is 2.53. The molecule has 0 aromatic carbocycles. The SMILES string of the molecule is CC1CCCC1CNc1cc(NN)nc(C(C)(C)C)n1. The topological polar surface area (TPSA) is 75.9 Å². The van der Waals surface area contributed by atoms with Crippen molar-refractivity contribution in [3.05, 3.63) is 11.9 Å². The van der Waals surface area contributed by atoms with E-state index in [1.807, 2.05) is 6.07 Å². The first kappa shape index (κ1) is 15.0. The molecule has 0 amide bonds. The third-order valence-corrected chi connectivity index (χ3v) is 4.13. The number of nitrogens with one attached hydrogen (secondary N) is 2. The Bertz CT molecular complexity index is 452. The number of aromatic nitrogens is 2. The second kappa shape index (κ2) is 5.95. The second-order valence-electron chi connectivity index (χ2n) is 6.91. The lowest BCUT2D eigenvalue weighted by Crippen LogP contribution is -2.22. The molecule has 5 nitrogen and oxygen atoms in total. The van der Waals surface area contributed by atoms with Gasteiger partial charge in [0.15, 0.2) is 0 Å². The summed E-state index contributed by atoms with van der Waals surface area (Å²) >= 11 is 0. The molecule has 1 aliphatic rings. The van der Waals surface area contributed by atoms with E-state index >= 15 is 0 Å². The summed E-state index contributed by atoms with van der Waals surface area (Å²) in [4.78, 5) is 9.05. The molecule has 0 aliphatic heterocycles. The zero-order valence-corrected chi connectivity index (χ0v) is 13.0. The van der Waals surface area contributed by atoms with Crippen LogP contribution >= 0.6 is 0 Å². The van der Waals surface area contributed by atoms with Crippen LogP contribution in [-0.4, -0.2) is 16.5 Å². The Balaban J connectivity index is 2.10. The lowest BCUT2D eigenvalue weighted by atomic mass is 9.95. The first-order chi connectivity index (χ1) is 9.40.